The molecule has 0 heterocycles. The number of ether oxygens (including phenoxy) is 2. The number of ketones is 1. The summed E-state index contributed by atoms with van der Waals surface area (Å²) in [6, 6.07) is 19.0. The van der Waals surface area contributed by atoms with Crippen molar-refractivity contribution >= 4 is 35.1 Å². The minimum absolute atomic E-state index is 0.208. The Morgan fingerprint density at radius 1 is 0.900 bits per heavy atom. The average Bonchev–Trinajstić information content (AvgIpc) is 2.77. The molecule has 0 saturated heterocycles. The second kappa shape index (κ2) is 9.76. The van der Waals surface area contributed by atoms with Gasteiger partial charge in [0.25, 0.3) is 5.91 Å². The number of halogens is 1. The first kappa shape index (κ1) is 21.1. The SMILES string of the molecule is COc1ccc(C(=O)/C=C/c2cccc(NC(=O)c3ccccc3Cl)c2)c(OC)c1. The van der Waals surface area contributed by atoms with Crippen molar-refractivity contribution < 1.29 is 19.1 Å². The number of carbonyl (C=O) groups excluding carboxylic acids is 2. The van der Waals surface area contributed by atoms with E-state index in [0.717, 1.165) is 5.56 Å². The van der Waals surface area contributed by atoms with Crippen molar-refractivity contribution in [2.45, 2.75) is 0 Å². The van der Waals surface area contributed by atoms with Crippen LogP contribution in [0.5, 0.6) is 11.5 Å². The van der Waals surface area contributed by atoms with Crippen LogP contribution in [-0.2, 0) is 0 Å². The van der Waals surface area contributed by atoms with E-state index in [1.807, 2.05) is 6.07 Å². The van der Waals surface area contributed by atoms with Gasteiger partial charge in [-0.05, 0) is 48.0 Å². The second-order valence-corrected chi connectivity index (χ2v) is 6.73. The summed E-state index contributed by atoms with van der Waals surface area (Å²) in [5, 5.41) is 3.19. The van der Waals surface area contributed by atoms with Crippen LogP contribution in [0.2, 0.25) is 5.02 Å². The van der Waals surface area contributed by atoms with Crippen LogP contribution in [0.1, 0.15) is 26.3 Å². The van der Waals surface area contributed by atoms with Crippen LogP contribution >= 0.6 is 11.6 Å². The molecular formula is C24H20ClNO4. The molecule has 0 aromatic heterocycles. The molecule has 0 atom stereocenters. The van der Waals surface area contributed by atoms with E-state index in [1.54, 1.807) is 73.8 Å². The van der Waals surface area contributed by atoms with Gasteiger partial charge in [-0.15, -0.1) is 0 Å². The molecule has 0 aliphatic carbocycles. The zero-order valence-corrected chi connectivity index (χ0v) is 17.3. The number of hydrogen-bond acceptors (Lipinski definition) is 4. The Hall–Kier alpha value is -3.57. The Morgan fingerprint density at radius 2 is 1.70 bits per heavy atom. The van der Waals surface area contributed by atoms with E-state index in [2.05, 4.69) is 5.32 Å². The van der Waals surface area contributed by atoms with Gasteiger partial charge in [0.1, 0.15) is 11.5 Å². The highest BCUT2D eigenvalue weighted by molar-refractivity contribution is 6.34. The molecule has 1 N–H and O–H groups in total. The Labute approximate surface area is 179 Å². The molecule has 0 aliphatic heterocycles. The van der Waals surface area contributed by atoms with Gasteiger partial charge in [-0.2, -0.15) is 0 Å². The van der Waals surface area contributed by atoms with E-state index in [1.165, 1.54) is 13.2 Å². The fourth-order valence-electron chi connectivity index (χ4n) is 2.83. The molecule has 0 aliphatic rings. The van der Waals surface area contributed by atoms with E-state index >= 15 is 0 Å². The number of benzene rings is 3. The van der Waals surface area contributed by atoms with Gasteiger partial charge in [0, 0.05) is 11.8 Å². The molecule has 1 amide bonds. The molecular weight excluding hydrogens is 402 g/mol. The molecule has 0 unspecified atom stereocenters. The molecule has 6 heteroatoms. The van der Waals surface area contributed by atoms with Crippen LogP contribution < -0.4 is 14.8 Å². The fourth-order valence-corrected chi connectivity index (χ4v) is 3.05. The van der Waals surface area contributed by atoms with Gasteiger partial charge in [-0.3, -0.25) is 9.59 Å². The third-order valence-electron chi connectivity index (χ3n) is 4.36. The quantitative estimate of drug-likeness (QED) is 0.403. The summed E-state index contributed by atoms with van der Waals surface area (Å²) >= 11 is 6.08. The lowest BCUT2D eigenvalue weighted by Crippen LogP contribution is -2.12. The maximum absolute atomic E-state index is 12.6. The van der Waals surface area contributed by atoms with Crippen molar-refractivity contribution in [3.63, 3.8) is 0 Å². The highest BCUT2D eigenvalue weighted by Gasteiger charge is 2.12. The first-order valence-corrected chi connectivity index (χ1v) is 9.50. The summed E-state index contributed by atoms with van der Waals surface area (Å²) in [6.45, 7) is 0. The Bertz CT molecular complexity index is 1110. The Kier molecular flexibility index (Phi) is 6.88. The van der Waals surface area contributed by atoms with Crippen molar-refractivity contribution in [3.05, 3.63) is 94.5 Å². The van der Waals surface area contributed by atoms with Crippen molar-refractivity contribution in [1.82, 2.24) is 0 Å². The zero-order valence-electron chi connectivity index (χ0n) is 16.5. The molecule has 3 rings (SSSR count). The molecule has 0 radical (unpaired) electrons. The monoisotopic (exact) mass is 421 g/mol. The predicted octanol–water partition coefficient (Wildman–Crippen LogP) is 5.51. The first-order valence-electron chi connectivity index (χ1n) is 9.12. The predicted molar refractivity (Wildman–Crippen MR) is 119 cm³/mol. The molecule has 30 heavy (non-hydrogen) atoms. The normalized spacial score (nSPS) is 10.6. The number of carbonyl (C=O) groups is 2. The molecule has 3 aromatic carbocycles. The molecule has 5 nitrogen and oxygen atoms in total. The zero-order chi connectivity index (χ0) is 21.5. The molecule has 152 valence electrons. The van der Waals surface area contributed by atoms with Crippen molar-refractivity contribution in [3.8, 4) is 11.5 Å². The summed E-state index contributed by atoms with van der Waals surface area (Å²) < 4.78 is 10.4. The van der Waals surface area contributed by atoms with Gasteiger partial charge in [0.2, 0.25) is 0 Å². The van der Waals surface area contributed by atoms with Crippen molar-refractivity contribution in [2.75, 3.05) is 19.5 Å². The lowest BCUT2D eigenvalue weighted by molar-refractivity contribution is 0.102. The topological polar surface area (TPSA) is 64.6 Å². The molecule has 0 bridgehead atoms. The van der Waals surface area contributed by atoms with E-state index in [0.29, 0.717) is 33.3 Å². The minimum Gasteiger partial charge on any atom is -0.497 e. The number of nitrogens with one attached hydrogen (secondary N) is 1. The lowest BCUT2D eigenvalue weighted by Gasteiger charge is -2.08. The summed E-state index contributed by atoms with van der Waals surface area (Å²) in [4.78, 5) is 25.0. The molecule has 0 spiro atoms. The third kappa shape index (κ3) is 5.07. The minimum atomic E-state index is -0.305. The van der Waals surface area contributed by atoms with Gasteiger partial charge in [-0.1, -0.05) is 41.9 Å². The maximum atomic E-state index is 12.6. The Morgan fingerprint density at radius 3 is 2.43 bits per heavy atom. The lowest BCUT2D eigenvalue weighted by atomic mass is 10.1. The van der Waals surface area contributed by atoms with E-state index < -0.39 is 0 Å². The van der Waals surface area contributed by atoms with Crippen LogP contribution in [-0.4, -0.2) is 25.9 Å². The fraction of sp³-hybridized carbons (Fsp3) is 0.0833. The maximum Gasteiger partial charge on any atom is 0.257 e. The number of allylic oxidation sites excluding steroid dienone is 1. The highest BCUT2D eigenvalue weighted by atomic mass is 35.5. The van der Waals surface area contributed by atoms with Crippen LogP contribution in [0.4, 0.5) is 5.69 Å². The van der Waals surface area contributed by atoms with Gasteiger partial charge < -0.3 is 14.8 Å². The van der Waals surface area contributed by atoms with Crippen molar-refractivity contribution in [1.29, 1.82) is 0 Å². The van der Waals surface area contributed by atoms with E-state index in [4.69, 9.17) is 21.1 Å². The van der Waals surface area contributed by atoms with Crippen LogP contribution in [0, 0.1) is 0 Å². The van der Waals surface area contributed by atoms with E-state index in [-0.39, 0.29) is 11.7 Å². The number of hydrogen-bond donors (Lipinski definition) is 1. The Balaban J connectivity index is 1.75. The molecule has 0 fully saturated rings. The number of rotatable bonds is 7. The molecule has 3 aromatic rings. The molecule has 0 saturated carbocycles. The van der Waals surface area contributed by atoms with Crippen molar-refractivity contribution in [2.24, 2.45) is 0 Å². The number of amides is 1. The second-order valence-electron chi connectivity index (χ2n) is 6.32. The summed E-state index contributed by atoms with van der Waals surface area (Å²) in [5.41, 5.74) is 2.17. The van der Waals surface area contributed by atoms with Crippen LogP contribution in [0.25, 0.3) is 6.08 Å². The van der Waals surface area contributed by atoms with Gasteiger partial charge in [0.15, 0.2) is 5.78 Å². The summed E-state index contributed by atoms with van der Waals surface area (Å²) in [7, 11) is 3.05. The number of methoxy groups -OCH3 is 2. The third-order valence-corrected chi connectivity index (χ3v) is 4.69. The van der Waals surface area contributed by atoms with Gasteiger partial charge in [0.05, 0.1) is 30.4 Å². The number of anilines is 1. The van der Waals surface area contributed by atoms with E-state index in [9.17, 15) is 9.59 Å². The van der Waals surface area contributed by atoms with Crippen LogP contribution in [0.3, 0.4) is 0 Å². The van der Waals surface area contributed by atoms with Gasteiger partial charge >= 0.3 is 0 Å². The largest absolute Gasteiger partial charge is 0.497 e. The average molecular weight is 422 g/mol. The van der Waals surface area contributed by atoms with Crippen LogP contribution in [0.15, 0.2) is 72.8 Å². The standard InChI is InChI=1S/C24H20ClNO4/c1-29-18-11-12-20(23(15-18)30-2)22(27)13-10-16-6-5-7-17(14-16)26-24(28)19-8-3-4-9-21(19)25/h3-15H,1-2H3,(H,26,28)/b13-10+. The summed E-state index contributed by atoms with van der Waals surface area (Å²) in [6.07, 6.45) is 3.14. The van der Waals surface area contributed by atoms with Gasteiger partial charge in [-0.25, -0.2) is 0 Å². The summed E-state index contributed by atoms with van der Waals surface area (Å²) in [5.74, 6) is 0.528. The smallest absolute Gasteiger partial charge is 0.257 e. The first-order chi connectivity index (χ1) is 14.5. The highest BCUT2D eigenvalue weighted by Crippen LogP contribution is 2.25.